The fourth-order valence-electron chi connectivity index (χ4n) is 1.67. The molecule has 0 aliphatic heterocycles. The van der Waals surface area contributed by atoms with Crippen LogP contribution in [0.15, 0.2) is 24.3 Å². The number of esters is 1. The van der Waals surface area contributed by atoms with E-state index in [0.717, 1.165) is 12.0 Å². The predicted molar refractivity (Wildman–Crippen MR) is 72.6 cm³/mol. The third kappa shape index (κ3) is 4.06. The highest BCUT2D eigenvalue weighted by Crippen LogP contribution is 2.15. The van der Waals surface area contributed by atoms with Gasteiger partial charge in [0.05, 0.1) is 12.7 Å². The van der Waals surface area contributed by atoms with Crippen LogP contribution >= 0.6 is 0 Å². The first-order chi connectivity index (χ1) is 8.99. The van der Waals surface area contributed by atoms with Crippen molar-refractivity contribution < 1.29 is 14.3 Å². The van der Waals surface area contributed by atoms with Crippen molar-refractivity contribution in [3.8, 4) is 0 Å². The van der Waals surface area contributed by atoms with Gasteiger partial charge < -0.3 is 10.5 Å². The Hall–Kier alpha value is -1.88. The Balaban J connectivity index is 2.91. The second-order valence-corrected chi connectivity index (χ2v) is 4.42. The standard InChI is InChI=1S/C14H20N2O3/c1-4-9(2)16-12(13(15)17)10-5-7-11(8-6-10)14(18)19-3/h5-9,12,16H,4H2,1-3H3,(H2,15,17). The molecule has 0 saturated heterocycles. The third-order valence-corrected chi connectivity index (χ3v) is 3.01. The number of benzene rings is 1. The quantitative estimate of drug-likeness (QED) is 0.761. The average molecular weight is 264 g/mol. The third-order valence-electron chi connectivity index (χ3n) is 3.01. The van der Waals surface area contributed by atoms with Crippen LogP contribution in [0.3, 0.4) is 0 Å². The smallest absolute Gasteiger partial charge is 0.337 e. The monoisotopic (exact) mass is 264 g/mol. The van der Waals surface area contributed by atoms with E-state index in [0.29, 0.717) is 5.56 Å². The van der Waals surface area contributed by atoms with Crippen LogP contribution in [-0.2, 0) is 9.53 Å². The predicted octanol–water partition coefficient (Wildman–Crippen LogP) is 1.39. The number of carbonyl (C=O) groups excluding carboxylic acids is 2. The molecular formula is C14H20N2O3. The summed E-state index contributed by atoms with van der Waals surface area (Å²) < 4.78 is 4.62. The van der Waals surface area contributed by atoms with Gasteiger partial charge in [-0.3, -0.25) is 10.1 Å². The maximum Gasteiger partial charge on any atom is 0.337 e. The van der Waals surface area contributed by atoms with Crippen LogP contribution in [0.1, 0.15) is 42.2 Å². The van der Waals surface area contributed by atoms with E-state index in [1.807, 2.05) is 13.8 Å². The molecule has 104 valence electrons. The normalized spacial score (nSPS) is 13.6. The second kappa shape index (κ2) is 6.89. The van der Waals surface area contributed by atoms with Gasteiger partial charge in [0.25, 0.3) is 0 Å². The van der Waals surface area contributed by atoms with Gasteiger partial charge in [-0.05, 0) is 31.0 Å². The van der Waals surface area contributed by atoms with Gasteiger partial charge >= 0.3 is 5.97 Å². The summed E-state index contributed by atoms with van der Waals surface area (Å²) in [5.41, 5.74) is 6.58. The van der Waals surface area contributed by atoms with Crippen LogP contribution in [0.5, 0.6) is 0 Å². The van der Waals surface area contributed by atoms with Crippen LogP contribution in [0.4, 0.5) is 0 Å². The molecule has 3 N–H and O–H groups in total. The number of carbonyl (C=O) groups is 2. The highest BCUT2D eigenvalue weighted by molar-refractivity contribution is 5.89. The fraction of sp³-hybridized carbons (Fsp3) is 0.429. The molecule has 1 aromatic rings. The first kappa shape index (κ1) is 15.2. The molecule has 0 aromatic heterocycles. The van der Waals surface area contributed by atoms with Gasteiger partial charge in [0.15, 0.2) is 0 Å². The topological polar surface area (TPSA) is 81.4 Å². The molecule has 5 heteroatoms. The zero-order chi connectivity index (χ0) is 14.4. The Morgan fingerprint density at radius 3 is 2.32 bits per heavy atom. The number of rotatable bonds is 6. The van der Waals surface area contributed by atoms with E-state index in [-0.39, 0.29) is 6.04 Å². The minimum atomic E-state index is -0.554. The SMILES string of the molecule is CCC(C)NC(C(N)=O)c1ccc(C(=O)OC)cc1. The van der Waals surface area contributed by atoms with Crippen molar-refractivity contribution in [1.82, 2.24) is 5.32 Å². The van der Waals surface area contributed by atoms with Gasteiger partial charge in [0.2, 0.25) is 5.91 Å². The van der Waals surface area contributed by atoms with E-state index in [2.05, 4.69) is 10.1 Å². The van der Waals surface area contributed by atoms with Crippen LogP contribution in [0.2, 0.25) is 0 Å². The lowest BCUT2D eigenvalue weighted by atomic mass is 10.0. The number of primary amides is 1. The van der Waals surface area contributed by atoms with E-state index >= 15 is 0 Å². The second-order valence-electron chi connectivity index (χ2n) is 4.42. The summed E-state index contributed by atoms with van der Waals surface area (Å²) in [6, 6.07) is 6.28. The highest BCUT2D eigenvalue weighted by Gasteiger charge is 2.19. The van der Waals surface area contributed by atoms with Crippen molar-refractivity contribution >= 4 is 11.9 Å². The van der Waals surface area contributed by atoms with Crippen molar-refractivity contribution in [2.45, 2.75) is 32.4 Å². The maximum absolute atomic E-state index is 11.5. The number of amides is 1. The van der Waals surface area contributed by atoms with Crippen LogP contribution in [0.25, 0.3) is 0 Å². The summed E-state index contributed by atoms with van der Waals surface area (Å²) in [6.07, 6.45) is 0.893. The molecule has 0 bridgehead atoms. The van der Waals surface area contributed by atoms with Crippen molar-refractivity contribution in [3.63, 3.8) is 0 Å². The molecule has 1 aromatic carbocycles. The first-order valence-corrected chi connectivity index (χ1v) is 6.23. The molecule has 1 amide bonds. The Morgan fingerprint density at radius 2 is 1.89 bits per heavy atom. The average Bonchev–Trinajstić information content (AvgIpc) is 2.43. The van der Waals surface area contributed by atoms with Crippen molar-refractivity contribution in [3.05, 3.63) is 35.4 Å². The van der Waals surface area contributed by atoms with Crippen LogP contribution in [0, 0.1) is 0 Å². The lowest BCUT2D eigenvalue weighted by Gasteiger charge is -2.20. The minimum Gasteiger partial charge on any atom is -0.465 e. The number of methoxy groups -OCH3 is 1. The molecular weight excluding hydrogens is 244 g/mol. The lowest BCUT2D eigenvalue weighted by Crippen LogP contribution is -2.38. The van der Waals surface area contributed by atoms with Gasteiger partial charge in [-0.25, -0.2) is 4.79 Å². The maximum atomic E-state index is 11.5. The largest absolute Gasteiger partial charge is 0.465 e. The Kier molecular flexibility index (Phi) is 5.51. The van der Waals surface area contributed by atoms with Crippen molar-refractivity contribution in [2.75, 3.05) is 7.11 Å². The molecule has 0 saturated carbocycles. The van der Waals surface area contributed by atoms with Gasteiger partial charge in [-0.2, -0.15) is 0 Å². The Bertz CT molecular complexity index is 443. The highest BCUT2D eigenvalue weighted by atomic mass is 16.5. The zero-order valence-corrected chi connectivity index (χ0v) is 11.5. The molecule has 0 spiro atoms. The zero-order valence-electron chi connectivity index (χ0n) is 11.5. The summed E-state index contributed by atoms with van der Waals surface area (Å²) >= 11 is 0. The molecule has 2 atom stereocenters. The molecule has 0 heterocycles. The molecule has 0 aliphatic rings. The Labute approximate surface area is 113 Å². The number of nitrogens with two attached hydrogens (primary N) is 1. The fourth-order valence-corrected chi connectivity index (χ4v) is 1.67. The molecule has 2 unspecified atom stereocenters. The van der Waals surface area contributed by atoms with E-state index in [4.69, 9.17) is 5.73 Å². The molecule has 1 rings (SSSR count). The number of hydrogen-bond donors (Lipinski definition) is 2. The van der Waals surface area contributed by atoms with Crippen molar-refractivity contribution in [2.24, 2.45) is 5.73 Å². The van der Waals surface area contributed by atoms with E-state index in [9.17, 15) is 9.59 Å². The van der Waals surface area contributed by atoms with Gasteiger partial charge in [-0.15, -0.1) is 0 Å². The molecule has 0 aliphatic carbocycles. The van der Waals surface area contributed by atoms with Crippen LogP contribution in [-0.4, -0.2) is 25.0 Å². The Morgan fingerprint density at radius 1 is 1.32 bits per heavy atom. The van der Waals surface area contributed by atoms with E-state index in [1.165, 1.54) is 7.11 Å². The van der Waals surface area contributed by atoms with Gasteiger partial charge in [0, 0.05) is 6.04 Å². The van der Waals surface area contributed by atoms with E-state index < -0.39 is 17.9 Å². The molecule has 5 nitrogen and oxygen atoms in total. The summed E-state index contributed by atoms with van der Waals surface area (Å²) in [5, 5.41) is 3.15. The van der Waals surface area contributed by atoms with Crippen molar-refractivity contribution in [1.29, 1.82) is 0 Å². The summed E-state index contributed by atoms with van der Waals surface area (Å²) in [4.78, 5) is 22.8. The van der Waals surface area contributed by atoms with Gasteiger partial charge in [0.1, 0.15) is 6.04 Å². The van der Waals surface area contributed by atoms with E-state index in [1.54, 1.807) is 24.3 Å². The molecule has 19 heavy (non-hydrogen) atoms. The molecule has 0 fully saturated rings. The van der Waals surface area contributed by atoms with Crippen LogP contribution < -0.4 is 11.1 Å². The number of nitrogens with one attached hydrogen (secondary N) is 1. The summed E-state index contributed by atoms with van der Waals surface area (Å²) in [6.45, 7) is 4.01. The number of ether oxygens (including phenoxy) is 1. The summed E-state index contributed by atoms with van der Waals surface area (Å²) in [5.74, 6) is -0.844. The lowest BCUT2D eigenvalue weighted by molar-refractivity contribution is -0.120. The van der Waals surface area contributed by atoms with Gasteiger partial charge in [-0.1, -0.05) is 19.1 Å². The number of hydrogen-bond acceptors (Lipinski definition) is 4. The minimum absolute atomic E-state index is 0.179. The summed E-state index contributed by atoms with van der Waals surface area (Å²) in [7, 11) is 1.33. The first-order valence-electron chi connectivity index (χ1n) is 6.23. The molecule has 0 radical (unpaired) electrons.